The van der Waals surface area contributed by atoms with Crippen molar-refractivity contribution < 1.29 is 14.2 Å². The maximum atomic E-state index is 5.56. The van der Waals surface area contributed by atoms with Gasteiger partial charge in [-0.3, -0.25) is 0 Å². The molecule has 0 aromatic heterocycles. The van der Waals surface area contributed by atoms with Crippen LogP contribution < -0.4 is 10.1 Å². The monoisotopic (exact) mass is 281 g/mol. The molecule has 0 saturated heterocycles. The van der Waals surface area contributed by atoms with Gasteiger partial charge in [-0.1, -0.05) is 19.1 Å². The molecule has 1 aromatic rings. The van der Waals surface area contributed by atoms with E-state index in [1.54, 1.807) is 0 Å². The van der Waals surface area contributed by atoms with E-state index in [1.807, 2.05) is 26.0 Å². The maximum Gasteiger partial charge on any atom is 0.169 e. The molecule has 4 heteroatoms. The molecule has 4 nitrogen and oxygen atoms in total. The fourth-order valence-corrected chi connectivity index (χ4v) is 1.80. The molecule has 0 atom stereocenters. The molecule has 0 bridgehead atoms. The number of benzene rings is 1. The van der Waals surface area contributed by atoms with Gasteiger partial charge in [0.1, 0.15) is 5.75 Å². The van der Waals surface area contributed by atoms with Crippen LogP contribution in [-0.4, -0.2) is 32.7 Å². The number of hydrogen-bond donors (Lipinski definition) is 1. The molecule has 0 aliphatic heterocycles. The van der Waals surface area contributed by atoms with Crippen molar-refractivity contribution in [1.29, 1.82) is 0 Å². The van der Waals surface area contributed by atoms with Crippen molar-refractivity contribution in [2.75, 3.05) is 26.4 Å². The van der Waals surface area contributed by atoms with Gasteiger partial charge in [-0.15, -0.1) is 0 Å². The van der Waals surface area contributed by atoms with Crippen molar-refractivity contribution in [1.82, 2.24) is 5.32 Å². The quantitative estimate of drug-likeness (QED) is 0.633. The van der Waals surface area contributed by atoms with E-state index < -0.39 is 0 Å². The highest BCUT2D eigenvalue weighted by atomic mass is 16.7. The Balaban J connectivity index is 2.30. The summed E-state index contributed by atoms with van der Waals surface area (Å²) >= 11 is 0. The lowest BCUT2D eigenvalue weighted by molar-refractivity contribution is -0.133. The molecule has 114 valence electrons. The Morgan fingerprint density at radius 3 is 2.20 bits per heavy atom. The fraction of sp³-hybridized carbons (Fsp3) is 0.625. The summed E-state index contributed by atoms with van der Waals surface area (Å²) < 4.78 is 16.5. The van der Waals surface area contributed by atoms with E-state index in [-0.39, 0.29) is 6.29 Å². The van der Waals surface area contributed by atoms with Gasteiger partial charge in [0, 0.05) is 26.3 Å². The Kier molecular flexibility index (Phi) is 9.04. The molecule has 0 spiro atoms. The molecular weight excluding hydrogens is 254 g/mol. The second-order valence-electron chi connectivity index (χ2n) is 4.46. The zero-order valence-electron chi connectivity index (χ0n) is 12.9. The van der Waals surface area contributed by atoms with Gasteiger partial charge in [0.2, 0.25) is 0 Å². The largest absolute Gasteiger partial charge is 0.494 e. The van der Waals surface area contributed by atoms with Crippen LogP contribution in [-0.2, 0) is 16.0 Å². The number of nitrogens with one attached hydrogen (secondary N) is 1. The Morgan fingerprint density at radius 1 is 1.00 bits per heavy atom. The minimum atomic E-state index is -0.169. The molecule has 0 aliphatic carbocycles. The van der Waals surface area contributed by atoms with E-state index >= 15 is 0 Å². The molecule has 0 amide bonds. The number of ether oxygens (including phenoxy) is 3. The van der Waals surface area contributed by atoms with E-state index in [1.165, 1.54) is 5.56 Å². The average Bonchev–Trinajstić information content (AvgIpc) is 2.47. The highest BCUT2D eigenvalue weighted by molar-refractivity contribution is 5.27. The summed E-state index contributed by atoms with van der Waals surface area (Å²) in [6, 6.07) is 8.17. The summed E-state index contributed by atoms with van der Waals surface area (Å²) in [6.45, 7) is 9.63. The van der Waals surface area contributed by atoms with Gasteiger partial charge in [0.15, 0.2) is 6.29 Å². The zero-order chi connectivity index (χ0) is 14.6. The van der Waals surface area contributed by atoms with Crippen LogP contribution in [0.3, 0.4) is 0 Å². The molecule has 0 radical (unpaired) electrons. The van der Waals surface area contributed by atoms with Crippen LogP contribution in [0, 0.1) is 0 Å². The Labute approximate surface area is 122 Å². The van der Waals surface area contributed by atoms with Gasteiger partial charge >= 0.3 is 0 Å². The van der Waals surface area contributed by atoms with Crippen LogP contribution in [0.2, 0.25) is 0 Å². The molecular formula is C16H27NO3. The summed E-state index contributed by atoms with van der Waals surface area (Å²) in [5.74, 6) is 0.928. The van der Waals surface area contributed by atoms with Crippen molar-refractivity contribution in [2.24, 2.45) is 0 Å². The van der Waals surface area contributed by atoms with Crippen molar-refractivity contribution in [3.8, 4) is 5.75 Å². The fourth-order valence-electron chi connectivity index (χ4n) is 1.80. The zero-order valence-corrected chi connectivity index (χ0v) is 12.9. The van der Waals surface area contributed by atoms with Gasteiger partial charge in [0.25, 0.3) is 0 Å². The number of rotatable bonds is 11. The first-order valence-corrected chi connectivity index (χ1v) is 7.45. The highest BCUT2D eigenvalue weighted by Crippen LogP contribution is 2.12. The van der Waals surface area contributed by atoms with Crippen LogP contribution >= 0.6 is 0 Å². The molecule has 20 heavy (non-hydrogen) atoms. The molecule has 1 aromatic carbocycles. The molecule has 1 rings (SSSR count). The summed E-state index contributed by atoms with van der Waals surface area (Å²) in [5.41, 5.74) is 1.22. The van der Waals surface area contributed by atoms with Gasteiger partial charge in [-0.05, 0) is 38.0 Å². The van der Waals surface area contributed by atoms with Crippen molar-refractivity contribution in [3.05, 3.63) is 29.8 Å². The molecule has 0 heterocycles. The predicted octanol–water partition coefficient (Wildman–Crippen LogP) is 2.96. The second kappa shape index (κ2) is 10.7. The standard InChI is InChI=1S/C16H27NO3/c1-4-11-20-15-9-7-14(8-10-15)12-17-13-16(18-5-2)19-6-3/h7-10,16-17H,4-6,11-13H2,1-3H3. The van der Waals surface area contributed by atoms with Gasteiger partial charge in [-0.25, -0.2) is 0 Å². The first-order valence-electron chi connectivity index (χ1n) is 7.45. The molecule has 0 saturated carbocycles. The summed E-state index contributed by atoms with van der Waals surface area (Å²) in [4.78, 5) is 0. The normalized spacial score (nSPS) is 11.0. The van der Waals surface area contributed by atoms with Crippen LogP contribution in [0.5, 0.6) is 5.75 Å². The van der Waals surface area contributed by atoms with Gasteiger partial charge < -0.3 is 19.5 Å². The van der Waals surface area contributed by atoms with E-state index in [0.29, 0.717) is 19.8 Å². The first-order chi connectivity index (χ1) is 9.80. The average molecular weight is 281 g/mol. The van der Waals surface area contributed by atoms with Crippen molar-refractivity contribution in [2.45, 2.75) is 40.0 Å². The van der Waals surface area contributed by atoms with Crippen molar-refractivity contribution in [3.63, 3.8) is 0 Å². The van der Waals surface area contributed by atoms with E-state index in [4.69, 9.17) is 14.2 Å². The Morgan fingerprint density at radius 2 is 1.65 bits per heavy atom. The maximum absolute atomic E-state index is 5.56. The lowest BCUT2D eigenvalue weighted by atomic mass is 10.2. The van der Waals surface area contributed by atoms with Gasteiger partial charge in [0.05, 0.1) is 6.61 Å². The topological polar surface area (TPSA) is 39.7 Å². The van der Waals surface area contributed by atoms with Crippen LogP contribution in [0.25, 0.3) is 0 Å². The summed E-state index contributed by atoms with van der Waals surface area (Å²) in [5, 5.41) is 3.34. The summed E-state index contributed by atoms with van der Waals surface area (Å²) in [7, 11) is 0. The smallest absolute Gasteiger partial charge is 0.169 e. The van der Waals surface area contributed by atoms with E-state index in [0.717, 1.165) is 25.3 Å². The molecule has 0 aliphatic rings. The van der Waals surface area contributed by atoms with E-state index in [2.05, 4.69) is 24.4 Å². The number of hydrogen-bond acceptors (Lipinski definition) is 4. The molecule has 0 unspecified atom stereocenters. The third kappa shape index (κ3) is 6.89. The molecule has 1 N–H and O–H groups in total. The Bertz CT molecular complexity index is 334. The molecule has 0 fully saturated rings. The van der Waals surface area contributed by atoms with Crippen LogP contribution in [0.1, 0.15) is 32.8 Å². The third-order valence-corrected chi connectivity index (χ3v) is 2.74. The van der Waals surface area contributed by atoms with E-state index in [9.17, 15) is 0 Å². The lowest BCUT2D eigenvalue weighted by Crippen LogP contribution is -2.31. The third-order valence-electron chi connectivity index (χ3n) is 2.74. The van der Waals surface area contributed by atoms with Crippen LogP contribution in [0.15, 0.2) is 24.3 Å². The second-order valence-corrected chi connectivity index (χ2v) is 4.46. The Hall–Kier alpha value is -1.10. The first kappa shape index (κ1) is 17.0. The summed E-state index contributed by atoms with van der Waals surface area (Å²) in [6.07, 6.45) is 0.858. The predicted molar refractivity (Wildman–Crippen MR) is 81.0 cm³/mol. The van der Waals surface area contributed by atoms with Crippen LogP contribution in [0.4, 0.5) is 0 Å². The lowest BCUT2D eigenvalue weighted by Gasteiger charge is -2.17. The minimum absolute atomic E-state index is 0.169. The van der Waals surface area contributed by atoms with Crippen molar-refractivity contribution >= 4 is 0 Å². The minimum Gasteiger partial charge on any atom is -0.494 e. The van der Waals surface area contributed by atoms with Gasteiger partial charge in [-0.2, -0.15) is 0 Å². The SMILES string of the molecule is CCCOc1ccc(CNCC(OCC)OCC)cc1. The highest BCUT2D eigenvalue weighted by Gasteiger charge is 2.06.